The maximum atomic E-state index is 14.6. The number of carbonyl (C=O) groups is 7. The fourth-order valence-electron chi connectivity index (χ4n) is 18.4. The number of Topliss-reactive ketones (excluding diaryl/α,β-unsaturated/α-hetero) is 3. The van der Waals surface area contributed by atoms with Crippen LogP contribution in [0.2, 0.25) is 0 Å². The Hall–Kier alpha value is -10.8. The first kappa shape index (κ1) is 92.3. The maximum Gasteiger partial charge on any atom is 0.329 e. The number of nitrogen functional groups attached to an aromatic ring is 2. The summed E-state index contributed by atoms with van der Waals surface area (Å²) in [4.78, 5) is 142. The van der Waals surface area contributed by atoms with Crippen molar-refractivity contribution in [1.82, 2.24) is 69.6 Å². The summed E-state index contributed by atoms with van der Waals surface area (Å²) >= 11 is 5.69. The van der Waals surface area contributed by atoms with E-state index in [1.54, 1.807) is 57.9 Å². The van der Waals surface area contributed by atoms with Gasteiger partial charge in [-0.05, 0) is 173 Å². The molecule has 6 aliphatic heterocycles. The van der Waals surface area contributed by atoms with Crippen molar-refractivity contribution in [3.8, 4) is 11.3 Å². The second-order valence-electron chi connectivity index (χ2n) is 35.5. The summed E-state index contributed by atoms with van der Waals surface area (Å²) in [5.41, 5.74) is 21.4. The Morgan fingerprint density at radius 1 is 0.724 bits per heavy atom. The number of carbonyl (C=O) groups excluding carboxylic acids is 7. The van der Waals surface area contributed by atoms with Crippen molar-refractivity contribution in [2.24, 2.45) is 29.6 Å². The number of hydrogen-bond acceptors (Lipinski definition) is 28. The number of ketones is 3. The van der Waals surface area contributed by atoms with Crippen LogP contribution in [0.5, 0.6) is 0 Å². The number of ether oxygens (including phenoxy) is 5. The van der Waals surface area contributed by atoms with Crippen LogP contribution in [-0.2, 0) is 78.5 Å². The van der Waals surface area contributed by atoms with Crippen LogP contribution in [-0.4, -0.2) is 251 Å². The highest BCUT2D eigenvalue weighted by Gasteiger charge is 2.44. The van der Waals surface area contributed by atoms with Crippen LogP contribution in [0.25, 0.3) is 33.4 Å². The monoisotopic (exact) mass is 1760 g/mol. The number of nitrogens with two attached hydrogens (primary N) is 2. The molecule has 7 aliphatic rings. The van der Waals surface area contributed by atoms with E-state index in [0.29, 0.717) is 193 Å². The molecule has 32 nitrogen and oxygen atoms in total. The summed E-state index contributed by atoms with van der Waals surface area (Å²) in [6.45, 7) is 20.2. The molecule has 1 aliphatic carbocycles. The van der Waals surface area contributed by atoms with Crippen LogP contribution in [0, 0.1) is 29.6 Å². The van der Waals surface area contributed by atoms with Crippen LogP contribution in [0.15, 0.2) is 120 Å². The molecule has 14 rings (SSSR count). The van der Waals surface area contributed by atoms with Gasteiger partial charge in [-0.3, -0.25) is 33.7 Å². The molecule has 3 amide bonds. The zero-order chi connectivity index (χ0) is 89.4. The van der Waals surface area contributed by atoms with Crippen molar-refractivity contribution >= 4 is 104 Å². The number of allylic oxidation sites excluding steroid dienone is 6. The van der Waals surface area contributed by atoms with Gasteiger partial charge >= 0.3 is 5.97 Å². The highest BCUT2D eigenvalue weighted by atomic mass is 32.1. The van der Waals surface area contributed by atoms with E-state index >= 15 is 0 Å². The lowest BCUT2D eigenvalue weighted by molar-refractivity contribution is -0.169. The lowest BCUT2D eigenvalue weighted by Gasteiger charge is -2.38. The van der Waals surface area contributed by atoms with Gasteiger partial charge in [-0.25, -0.2) is 39.4 Å². The summed E-state index contributed by atoms with van der Waals surface area (Å²) in [6.07, 6.45) is 25.0. The molecule has 7 aromatic rings. The van der Waals surface area contributed by atoms with Crippen LogP contribution in [0.3, 0.4) is 0 Å². The number of amides is 3. The molecule has 5 aromatic heterocycles. The quantitative estimate of drug-likeness (QED) is 0.0192. The number of esters is 1. The van der Waals surface area contributed by atoms with E-state index in [4.69, 9.17) is 56.9 Å². The molecule has 11 heterocycles. The van der Waals surface area contributed by atoms with Crippen LogP contribution in [0.1, 0.15) is 177 Å². The second kappa shape index (κ2) is 43.3. The second-order valence-corrected chi connectivity index (χ2v) is 35.8. The number of anilines is 4. The van der Waals surface area contributed by atoms with Gasteiger partial charge in [0.05, 0.1) is 55.4 Å². The van der Waals surface area contributed by atoms with E-state index in [1.165, 1.54) is 16.8 Å². The molecule has 2 aromatic carbocycles. The predicted molar refractivity (Wildman–Crippen MR) is 483 cm³/mol. The molecule has 127 heavy (non-hydrogen) atoms. The van der Waals surface area contributed by atoms with Gasteiger partial charge < -0.3 is 74.5 Å². The third-order valence-electron chi connectivity index (χ3n) is 26.2. The van der Waals surface area contributed by atoms with Crippen molar-refractivity contribution in [2.75, 3.05) is 114 Å². The van der Waals surface area contributed by atoms with Gasteiger partial charge in [0.1, 0.15) is 59.3 Å². The lowest BCUT2D eigenvalue weighted by atomic mass is 9.83. The number of rotatable bonds is 19. The zero-order valence-corrected chi connectivity index (χ0v) is 74.9. The van der Waals surface area contributed by atoms with Crippen molar-refractivity contribution < 1.29 is 66.8 Å². The van der Waals surface area contributed by atoms with Gasteiger partial charge in [0.15, 0.2) is 11.2 Å². The largest absolute Gasteiger partial charge is 0.468 e. The average molecular weight is 1760 g/mol. The summed E-state index contributed by atoms with van der Waals surface area (Å²) in [5.74, 6) is -1.84. The number of piperazine rings is 2. The van der Waals surface area contributed by atoms with Gasteiger partial charge in [-0.2, -0.15) is 10.1 Å². The van der Waals surface area contributed by atoms with Gasteiger partial charge in [0.25, 0.3) is 23.0 Å². The Kier molecular flexibility index (Phi) is 31.5. The normalized spacial score (nSPS) is 25.9. The van der Waals surface area contributed by atoms with Gasteiger partial charge in [-0.15, -0.1) is 0 Å². The molecule has 6 N–H and O–H groups in total. The van der Waals surface area contributed by atoms with Crippen molar-refractivity contribution in [2.45, 2.75) is 213 Å². The molecule has 10 atom stereocenters. The molecule has 0 radical (unpaired) electrons. The number of hydrogen-bond donors (Lipinski definition) is 4. The number of nitrogens with one attached hydrogen (secondary N) is 1. The molecule has 1 saturated carbocycles. The number of thiocarbonyl (C=S) groups is 1. The van der Waals surface area contributed by atoms with E-state index < -0.39 is 47.9 Å². The molecule has 33 heteroatoms. The third kappa shape index (κ3) is 23.9. The lowest BCUT2D eigenvalue weighted by Crippen LogP contribution is -2.55. The Morgan fingerprint density at radius 2 is 1.47 bits per heavy atom. The standard InChI is InChI=1S/C94H122N18O14S/c1-58-13-9-8-10-14-59(2)80(121-7)48-73-23-16-60(3)85(123-73)84(117)89(119)111-30-12-11-15-75(111)90(120)124-72(47-76(113)62(5)44-63(6)78(115)49-77(114)61(4)43-58)26-20-64-18-24-71(25-19-64)125-94(127)101-52-66-50-97-92(98-51-66)109-38-36-107(37-39-109)81(116)29-41-122-42-40-106-32-34-108(35-33-106)93-99-53-70(54-100-93)88(118)110-31-28-67-45-65(17-21-69(67)56-110)55-112-87-82(86(95)102-57-103-87)83(105-112)68-22-27-79-74(46-68)104-91(96)126-79/h8-10,13-14,17,21-22,27,44-46,50-51,53-54,57-58,60-62,64,71-73,75,78,80,85,115H,11-12,15-16,18-20,23-26,28-43,47-49,52,55-56H2,1-7H3,(H2,96,104)(H,101,127)(H2,95,102,103)/b10-8?,13-9+,59-14?,63-44+/t58-,60-,61-,62-,64?,71?,72-,73?,75+,78+,80+,85?/m1/s1. The highest BCUT2D eigenvalue weighted by Crippen LogP contribution is 2.37. The Labute approximate surface area is 747 Å². The first-order valence-corrected chi connectivity index (χ1v) is 45.6. The third-order valence-corrected chi connectivity index (χ3v) is 26.5. The number of aromatic nitrogens is 9. The van der Waals surface area contributed by atoms with Gasteiger partial charge in [0, 0.05) is 159 Å². The van der Waals surface area contributed by atoms with E-state index in [9.17, 15) is 38.7 Å². The Morgan fingerprint density at radius 3 is 2.23 bits per heavy atom. The zero-order valence-electron chi connectivity index (χ0n) is 74.1. The van der Waals surface area contributed by atoms with E-state index in [-0.39, 0.29) is 95.9 Å². The van der Waals surface area contributed by atoms with Crippen molar-refractivity contribution in [1.29, 1.82) is 0 Å². The number of piperidine rings is 1. The first-order chi connectivity index (χ1) is 61.3. The molecule has 5 fully saturated rings. The number of fused-ring (bicyclic) bond motifs is 6. The first-order valence-electron chi connectivity index (χ1n) is 45.2. The molecular formula is C94H122N18O14S. The van der Waals surface area contributed by atoms with Gasteiger partial charge in [-0.1, -0.05) is 82.4 Å². The predicted octanol–water partition coefficient (Wildman–Crippen LogP) is 10.3. The molecule has 678 valence electrons. The summed E-state index contributed by atoms with van der Waals surface area (Å²) in [7, 11) is 1.64. The molecule has 2 bridgehead atoms. The topological polar surface area (TPSA) is 391 Å². The average Bonchev–Trinajstić information content (AvgIpc) is 1.62. The fourth-order valence-corrected chi connectivity index (χ4v) is 18.6. The Bertz CT molecular complexity index is 5170. The minimum absolute atomic E-state index is 0.0473. The molecule has 2 unspecified atom stereocenters. The minimum Gasteiger partial charge on any atom is -0.468 e. The van der Waals surface area contributed by atoms with Crippen molar-refractivity contribution in [3.63, 3.8) is 0 Å². The number of benzene rings is 2. The van der Waals surface area contributed by atoms with E-state index in [1.807, 2.05) is 77.8 Å². The summed E-state index contributed by atoms with van der Waals surface area (Å²) in [6, 6.07) is 10.9. The smallest absolute Gasteiger partial charge is 0.329 e. The number of nitrogens with zero attached hydrogens (tertiary/aromatic N) is 15. The summed E-state index contributed by atoms with van der Waals surface area (Å²) in [5, 5.41) is 20.4. The fraction of sp³-hybridized carbons (Fsp3) is 0.553. The molecular weight excluding hydrogens is 1640 g/mol. The van der Waals surface area contributed by atoms with E-state index in [0.717, 1.165) is 86.2 Å². The van der Waals surface area contributed by atoms with Gasteiger partial charge in [0.2, 0.25) is 23.6 Å². The van der Waals surface area contributed by atoms with Crippen LogP contribution >= 0.6 is 12.2 Å². The maximum absolute atomic E-state index is 14.6. The van der Waals surface area contributed by atoms with E-state index in [2.05, 4.69) is 80.0 Å². The van der Waals surface area contributed by atoms with Crippen molar-refractivity contribution in [3.05, 3.63) is 143 Å². The number of aliphatic hydroxyl groups is 1. The molecule has 0 spiro atoms. The number of cyclic esters (lactones) is 1. The summed E-state index contributed by atoms with van der Waals surface area (Å²) < 4.78 is 38.3. The van der Waals surface area contributed by atoms with Crippen LogP contribution < -0.4 is 26.6 Å². The Balaban J connectivity index is 0.477. The van der Waals surface area contributed by atoms with Crippen LogP contribution in [0.4, 0.5) is 23.7 Å². The molecule has 4 saturated heterocycles. The number of aliphatic hydroxyl groups excluding tert-OH is 1. The number of oxazole rings is 1. The number of methoxy groups -OCH3 is 1. The highest BCUT2D eigenvalue weighted by molar-refractivity contribution is 7.80. The minimum atomic E-state index is -1.08. The SMILES string of the molecule is CO[C@H]1CC2CC[C@@H](C)C(O2)C(=O)C(=O)N2CCCC[C@H]2C(=O)O[C@H](CCC2CCC(OC(=S)NCc3cnc(N4CCN(C(=O)CCOCCN5CCN(c6ncc(C(=O)N7CCc8cc(Cn9nc(-c%10ccc%11oc(N)nc%11c%10)c%10c(N)ncnc%109)ccc8C7)cn6)CC5)CC4)nc3)CC2)CC(=O)[C@H](C)/C=C(\C)[C@@H](O)CC(=O)[C@H](C)C[C@H](C)/C=C/C=CC=C1C.